The monoisotopic (exact) mass is 364 g/mol. The molecule has 6 heteroatoms. The van der Waals surface area contributed by atoms with Crippen molar-refractivity contribution in [2.45, 2.75) is 37.3 Å². The Morgan fingerprint density at radius 1 is 0.889 bits per heavy atom. The summed E-state index contributed by atoms with van der Waals surface area (Å²) in [6.45, 7) is 0. The Morgan fingerprint density at radius 2 is 1.59 bits per heavy atom. The lowest BCUT2D eigenvalue weighted by molar-refractivity contribution is -0.363. The van der Waals surface area contributed by atoms with Gasteiger partial charge in [-0.1, -0.05) is 12.1 Å². The lowest BCUT2D eigenvalue weighted by Gasteiger charge is -2.55. The van der Waals surface area contributed by atoms with Crippen molar-refractivity contribution in [2.75, 3.05) is 7.11 Å². The van der Waals surface area contributed by atoms with Crippen LogP contribution in [0.25, 0.3) is 0 Å². The van der Waals surface area contributed by atoms with Gasteiger partial charge in [0.1, 0.15) is 17.2 Å². The van der Waals surface area contributed by atoms with E-state index in [1.807, 2.05) is 12.1 Å². The second-order valence-electron chi connectivity index (χ2n) is 7.35. The van der Waals surface area contributed by atoms with E-state index in [1.54, 1.807) is 18.2 Å². The average Bonchev–Trinajstić information content (AvgIpc) is 2.68. The van der Waals surface area contributed by atoms with E-state index in [9.17, 15) is 9.59 Å². The van der Waals surface area contributed by atoms with E-state index < -0.39 is 11.6 Å². The van der Waals surface area contributed by atoms with Crippen molar-refractivity contribution in [3.8, 4) is 17.2 Å². The van der Waals surface area contributed by atoms with Crippen LogP contribution in [0, 0.1) is 0 Å². The highest BCUT2D eigenvalue weighted by Gasteiger charge is 2.62. The van der Waals surface area contributed by atoms with Gasteiger partial charge in [0.05, 0.1) is 23.8 Å². The van der Waals surface area contributed by atoms with Gasteiger partial charge in [-0.25, -0.2) is 0 Å². The molecule has 2 aromatic carbocycles. The molecule has 6 rings (SSSR count). The smallest absolute Gasteiger partial charge is 0.245 e. The predicted molar refractivity (Wildman–Crippen MR) is 92.3 cm³/mol. The molecule has 0 amide bonds. The van der Waals surface area contributed by atoms with Crippen LogP contribution in [0.4, 0.5) is 0 Å². The molecule has 2 unspecified atom stereocenters. The summed E-state index contributed by atoms with van der Waals surface area (Å²) in [6, 6.07) is 8.97. The predicted octanol–water partition coefficient (Wildman–Crippen LogP) is 3.46. The van der Waals surface area contributed by atoms with E-state index in [4.69, 9.17) is 18.9 Å². The van der Waals surface area contributed by atoms with Gasteiger partial charge >= 0.3 is 0 Å². The molecule has 4 aliphatic rings. The van der Waals surface area contributed by atoms with Crippen molar-refractivity contribution in [3.63, 3.8) is 0 Å². The fourth-order valence-corrected chi connectivity index (χ4v) is 4.85. The molecule has 0 saturated heterocycles. The third kappa shape index (κ3) is 1.69. The zero-order chi connectivity index (χ0) is 18.4. The van der Waals surface area contributed by atoms with Crippen LogP contribution in [-0.2, 0) is 16.3 Å². The fraction of sp³-hybridized carbons (Fsp3) is 0.333. The van der Waals surface area contributed by atoms with E-state index in [1.165, 1.54) is 7.11 Å². The third-order valence-corrected chi connectivity index (χ3v) is 5.96. The quantitative estimate of drug-likeness (QED) is 0.772. The molecule has 6 nitrogen and oxygen atoms in total. The minimum Gasteiger partial charge on any atom is -0.496 e. The molecule has 27 heavy (non-hydrogen) atoms. The Bertz CT molecular complexity index is 1060. The highest BCUT2D eigenvalue weighted by molar-refractivity contribution is 6.03. The Morgan fingerprint density at radius 3 is 2.37 bits per heavy atom. The van der Waals surface area contributed by atoms with Gasteiger partial charge < -0.3 is 14.2 Å². The molecular weight excluding hydrogens is 348 g/mol. The SMILES string of the molecule is COc1ccc2c3c1C(=O)CCC31Oc3cccc4c3C(CCC4=O)(O2)O1. The van der Waals surface area contributed by atoms with E-state index >= 15 is 0 Å². The summed E-state index contributed by atoms with van der Waals surface area (Å²) in [5, 5.41) is 0. The number of methoxy groups -OCH3 is 1. The molecule has 0 aromatic heterocycles. The zero-order valence-electron chi connectivity index (χ0n) is 14.7. The van der Waals surface area contributed by atoms with E-state index in [0.717, 1.165) is 0 Å². The van der Waals surface area contributed by atoms with Crippen LogP contribution in [0.3, 0.4) is 0 Å². The number of ether oxygens (including phenoxy) is 4. The number of benzene rings is 2. The maximum Gasteiger partial charge on any atom is 0.245 e. The van der Waals surface area contributed by atoms with Gasteiger partial charge in [0.2, 0.25) is 11.6 Å². The molecule has 2 heterocycles. The van der Waals surface area contributed by atoms with Gasteiger partial charge in [0, 0.05) is 31.2 Å². The van der Waals surface area contributed by atoms with Crippen molar-refractivity contribution in [1.82, 2.24) is 0 Å². The number of Topliss-reactive ketones (excluding diaryl/α,β-unsaturated/α-hetero) is 2. The van der Waals surface area contributed by atoms with Crippen molar-refractivity contribution < 1.29 is 28.5 Å². The largest absolute Gasteiger partial charge is 0.496 e. The van der Waals surface area contributed by atoms with Crippen LogP contribution in [0.2, 0.25) is 0 Å². The van der Waals surface area contributed by atoms with Crippen LogP contribution in [0.15, 0.2) is 30.3 Å². The maximum atomic E-state index is 12.7. The van der Waals surface area contributed by atoms with E-state index in [-0.39, 0.29) is 18.0 Å². The van der Waals surface area contributed by atoms with Crippen molar-refractivity contribution in [1.29, 1.82) is 0 Å². The number of rotatable bonds is 1. The molecule has 2 aliphatic carbocycles. The normalized spacial score (nSPS) is 29.2. The summed E-state index contributed by atoms with van der Waals surface area (Å²) in [5.41, 5.74) is 2.30. The van der Waals surface area contributed by atoms with Crippen LogP contribution in [0.1, 0.15) is 57.5 Å². The molecular formula is C21H16O6. The lowest BCUT2D eigenvalue weighted by atomic mass is 9.78. The Hall–Kier alpha value is -2.86. The molecule has 2 atom stereocenters. The van der Waals surface area contributed by atoms with Crippen molar-refractivity contribution in [3.05, 3.63) is 52.6 Å². The molecule has 2 aliphatic heterocycles. The molecule has 0 saturated carbocycles. The van der Waals surface area contributed by atoms with Crippen molar-refractivity contribution in [2.24, 2.45) is 0 Å². The number of ketones is 2. The Labute approximate surface area is 155 Å². The van der Waals surface area contributed by atoms with Crippen LogP contribution in [-0.4, -0.2) is 18.7 Å². The topological polar surface area (TPSA) is 71.1 Å². The van der Waals surface area contributed by atoms with E-state index in [0.29, 0.717) is 58.8 Å². The minimum absolute atomic E-state index is 0.0144. The van der Waals surface area contributed by atoms with Gasteiger partial charge in [-0.3, -0.25) is 14.3 Å². The summed E-state index contributed by atoms with van der Waals surface area (Å²) < 4.78 is 24.7. The number of carbonyl (C=O) groups is 2. The molecule has 136 valence electrons. The first-order chi connectivity index (χ1) is 13.1. The first kappa shape index (κ1) is 15.2. The Kier molecular flexibility index (Phi) is 2.65. The van der Waals surface area contributed by atoms with Gasteiger partial charge in [-0.2, -0.15) is 0 Å². The van der Waals surface area contributed by atoms with Gasteiger partial charge in [-0.15, -0.1) is 0 Å². The van der Waals surface area contributed by atoms with Gasteiger partial charge in [0.25, 0.3) is 0 Å². The lowest BCUT2D eigenvalue weighted by Crippen LogP contribution is -2.58. The van der Waals surface area contributed by atoms with E-state index in [2.05, 4.69) is 0 Å². The van der Waals surface area contributed by atoms with Crippen molar-refractivity contribution >= 4 is 11.6 Å². The highest BCUT2D eigenvalue weighted by atomic mass is 16.8. The fourth-order valence-electron chi connectivity index (χ4n) is 4.85. The van der Waals surface area contributed by atoms with Crippen LogP contribution < -0.4 is 14.2 Å². The average molecular weight is 364 g/mol. The maximum absolute atomic E-state index is 12.7. The van der Waals surface area contributed by atoms with Gasteiger partial charge in [-0.05, 0) is 18.2 Å². The molecule has 0 radical (unpaired) electrons. The summed E-state index contributed by atoms with van der Waals surface area (Å²) in [5.74, 6) is -0.513. The summed E-state index contributed by atoms with van der Waals surface area (Å²) in [7, 11) is 1.54. The molecule has 2 bridgehead atoms. The molecule has 0 N–H and O–H groups in total. The second-order valence-corrected chi connectivity index (χ2v) is 7.35. The minimum atomic E-state index is -1.11. The number of carbonyl (C=O) groups excluding carboxylic acids is 2. The van der Waals surface area contributed by atoms with Gasteiger partial charge in [0.15, 0.2) is 11.6 Å². The summed E-state index contributed by atoms with van der Waals surface area (Å²) in [4.78, 5) is 25.1. The Balaban J connectivity index is 1.68. The first-order valence-corrected chi connectivity index (χ1v) is 9.06. The second kappa shape index (κ2) is 4.70. The number of hydrogen-bond acceptors (Lipinski definition) is 6. The summed E-state index contributed by atoms with van der Waals surface area (Å²) >= 11 is 0. The molecule has 2 spiro atoms. The summed E-state index contributed by atoms with van der Waals surface area (Å²) in [6.07, 6.45) is 1.43. The third-order valence-electron chi connectivity index (χ3n) is 5.96. The van der Waals surface area contributed by atoms with Crippen LogP contribution >= 0.6 is 0 Å². The zero-order valence-corrected chi connectivity index (χ0v) is 14.7. The number of hydrogen-bond donors (Lipinski definition) is 0. The molecule has 0 fully saturated rings. The highest BCUT2D eigenvalue weighted by Crippen LogP contribution is 2.61. The standard InChI is InChI=1S/C21H16O6/c1-24-14-5-6-16-19-17(14)13(23)8-10-21(19)25-15-4-2-3-11-12(22)7-9-20(26-16,27-21)18(11)15/h2-6H,7-10H2,1H3. The first-order valence-electron chi connectivity index (χ1n) is 9.06. The molecule has 2 aromatic rings. The van der Waals surface area contributed by atoms with Crippen LogP contribution in [0.5, 0.6) is 17.2 Å².